The van der Waals surface area contributed by atoms with Gasteiger partial charge in [0.05, 0.1) is 11.6 Å². The Hall–Kier alpha value is -1.56. The van der Waals surface area contributed by atoms with E-state index in [1.807, 2.05) is 0 Å². The van der Waals surface area contributed by atoms with E-state index in [0.717, 1.165) is 25.3 Å². The van der Waals surface area contributed by atoms with Gasteiger partial charge < -0.3 is 11.1 Å². The predicted octanol–water partition coefficient (Wildman–Crippen LogP) is 2.59. The average molecular weight is 300 g/mol. The summed E-state index contributed by atoms with van der Waals surface area (Å²) in [7, 11) is 0. The van der Waals surface area contributed by atoms with E-state index in [-0.39, 0.29) is 5.91 Å². The number of carbonyl (C=O) groups excluding carboxylic acids is 1. The molecule has 0 aliphatic heterocycles. The molecule has 1 fully saturated rings. The molecule has 0 bridgehead atoms. The van der Waals surface area contributed by atoms with Crippen LogP contribution in [0.4, 0.5) is 13.2 Å². The molecule has 0 saturated heterocycles. The lowest BCUT2D eigenvalue weighted by molar-refractivity contribution is -0.137. The highest BCUT2D eigenvalue weighted by Crippen LogP contribution is 2.44. The summed E-state index contributed by atoms with van der Waals surface area (Å²) in [5, 5.41) is 2.74. The van der Waals surface area contributed by atoms with Crippen LogP contribution in [0.1, 0.15) is 37.3 Å². The quantitative estimate of drug-likeness (QED) is 0.898. The lowest BCUT2D eigenvalue weighted by atomic mass is 9.64. The third-order valence-corrected chi connectivity index (χ3v) is 4.13. The van der Waals surface area contributed by atoms with E-state index in [9.17, 15) is 18.0 Å². The summed E-state index contributed by atoms with van der Waals surface area (Å²) in [5.41, 5.74) is 5.07. The summed E-state index contributed by atoms with van der Waals surface area (Å²) in [4.78, 5) is 11.6. The van der Waals surface area contributed by atoms with E-state index >= 15 is 0 Å². The smallest absolute Gasteiger partial charge is 0.354 e. The van der Waals surface area contributed by atoms with Gasteiger partial charge in [-0.2, -0.15) is 13.2 Å². The van der Waals surface area contributed by atoms with Gasteiger partial charge in [-0.25, -0.2) is 0 Å². The van der Waals surface area contributed by atoms with Crippen LogP contribution in [-0.2, 0) is 16.4 Å². The first kappa shape index (κ1) is 15.8. The first-order valence-electron chi connectivity index (χ1n) is 6.96. The number of alkyl halides is 3. The summed E-state index contributed by atoms with van der Waals surface area (Å²) in [6.07, 6.45) is -1.86. The molecule has 0 radical (unpaired) electrons. The molecule has 116 valence electrons. The van der Waals surface area contributed by atoms with Crippen molar-refractivity contribution >= 4 is 5.91 Å². The zero-order valence-electron chi connectivity index (χ0n) is 11.8. The molecule has 1 aliphatic rings. The van der Waals surface area contributed by atoms with Gasteiger partial charge in [0.1, 0.15) is 0 Å². The molecule has 1 atom stereocenters. The highest BCUT2D eigenvalue weighted by molar-refractivity contribution is 5.81. The lowest BCUT2D eigenvalue weighted by Crippen LogP contribution is -2.49. The van der Waals surface area contributed by atoms with Gasteiger partial charge in [0.25, 0.3) is 0 Å². The first-order chi connectivity index (χ1) is 9.74. The number of nitrogens with one attached hydrogen (secondary N) is 1. The van der Waals surface area contributed by atoms with Crippen LogP contribution in [0, 0.1) is 0 Å². The molecule has 2 rings (SSSR count). The Morgan fingerprint density at radius 1 is 1.43 bits per heavy atom. The largest absolute Gasteiger partial charge is 0.416 e. The zero-order valence-corrected chi connectivity index (χ0v) is 11.8. The maximum atomic E-state index is 12.8. The third kappa shape index (κ3) is 3.37. The van der Waals surface area contributed by atoms with Crippen LogP contribution in [0.25, 0.3) is 0 Å². The third-order valence-electron chi connectivity index (χ3n) is 4.13. The van der Waals surface area contributed by atoms with Crippen LogP contribution < -0.4 is 11.1 Å². The normalized spacial score (nSPS) is 18.7. The Bertz CT molecular complexity index is 522. The van der Waals surface area contributed by atoms with E-state index in [1.54, 1.807) is 13.0 Å². The first-order valence-corrected chi connectivity index (χ1v) is 6.96. The van der Waals surface area contributed by atoms with Crippen molar-refractivity contribution in [3.63, 3.8) is 0 Å². The molecule has 0 unspecified atom stereocenters. The second-order valence-corrected chi connectivity index (χ2v) is 5.72. The number of hydrogen-bond acceptors (Lipinski definition) is 2. The van der Waals surface area contributed by atoms with Crippen molar-refractivity contribution in [2.24, 2.45) is 5.73 Å². The summed E-state index contributed by atoms with van der Waals surface area (Å²) < 4.78 is 38.4. The van der Waals surface area contributed by atoms with Gasteiger partial charge in [-0.1, -0.05) is 24.6 Å². The maximum absolute atomic E-state index is 12.8. The van der Waals surface area contributed by atoms with Crippen molar-refractivity contribution in [2.75, 3.05) is 6.54 Å². The van der Waals surface area contributed by atoms with Crippen molar-refractivity contribution in [3.8, 4) is 0 Å². The molecule has 1 aromatic rings. The second-order valence-electron chi connectivity index (χ2n) is 5.72. The molecule has 0 spiro atoms. The van der Waals surface area contributed by atoms with Crippen molar-refractivity contribution in [1.82, 2.24) is 5.32 Å². The molecule has 0 heterocycles. The van der Waals surface area contributed by atoms with Crippen LogP contribution in [0.2, 0.25) is 0 Å². The van der Waals surface area contributed by atoms with E-state index in [4.69, 9.17) is 5.73 Å². The highest BCUT2D eigenvalue weighted by atomic mass is 19.4. The molecule has 6 heteroatoms. The van der Waals surface area contributed by atoms with Crippen LogP contribution in [-0.4, -0.2) is 18.5 Å². The summed E-state index contributed by atoms with van der Waals surface area (Å²) in [6.45, 7) is 1.90. The minimum absolute atomic E-state index is 0.284. The van der Waals surface area contributed by atoms with Gasteiger partial charge in [-0.15, -0.1) is 0 Å². The number of hydrogen-bond donors (Lipinski definition) is 2. The minimum atomic E-state index is -4.35. The Morgan fingerprint density at radius 2 is 2.10 bits per heavy atom. The molecule has 3 N–H and O–H groups in total. The van der Waals surface area contributed by atoms with Crippen LogP contribution in [0.3, 0.4) is 0 Å². The second kappa shape index (κ2) is 5.67. The van der Waals surface area contributed by atoms with Crippen molar-refractivity contribution in [2.45, 2.75) is 43.8 Å². The van der Waals surface area contributed by atoms with E-state index < -0.39 is 23.2 Å². The summed E-state index contributed by atoms with van der Waals surface area (Å²) in [5.74, 6) is -0.284. The van der Waals surface area contributed by atoms with Crippen LogP contribution in [0.15, 0.2) is 24.3 Å². The van der Waals surface area contributed by atoms with Crippen LogP contribution >= 0.6 is 0 Å². The number of nitrogens with two attached hydrogens (primary N) is 1. The van der Waals surface area contributed by atoms with Gasteiger partial charge >= 0.3 is 6.18 Å². The van der Waals surface area contributed by atoms with Gasteiger partial charge in [0.15, 0.2) is 0 Å². The molecule has 1 saturated carbocycles. The number of amides is 1. The number of benzene rings is 1. The van der Waals surface area contributed by atoms with Crippen molar-refractivity contribution in [1.29, 1.82) is 0 Å². The zero-order chi connectivity index (χ0) is 15.7. The fourth-order valence-electron chi connectivity index (χ4n) is 2.61. The molecular formula is C15H19F3N2O. The standard InChI is InChI=1S/C15H19F3N2O/c1-10(19)13(21)20-9-14(6-3-7-14)11-4-2-5-12(8-11)15(16,17)18/h2,4-5,8,10H,3,6-7,9,19H2,1H3,(H,20,21)/t10-/m1/s1. The Kier molecular flexibility index (Phi) is 4.27. The Labute approximate surface area is 121 Å². The topological polar surface area (TPSA) is 55.1 Å². The predicted molar refractivity (Wildman–Crippen MR) is 73.6 cm³/mol. The van der Waals surface area contributed by atoms with Crippen molar-refractivity contribution in [3.05, 3.63) is 35.4 Å². The van der Waals surface area contributed by atoms with Gasteiger partial charge in [0, 0.05) is 12.0 Å². The fraction of sp³-hybridized carbons (Fsp3) is 0.533. The van der Waals surface area contributed by atoms with Gasteiger partial charge in [-0.05, 0) is 31.4 Å². The highest BCUT2D eigenvalue weighted by Gasteiger charge is 2.40. The SMILES string of the molecule is C[C@@H](N)C(=O)NCC1(c2cccc(C(F)(F)F)c2)CCC1. The monoisotopic (exact) mass is 300 g/mol. The van der Waals surface area contributed by atoms with E-state index in [1.165, 1.54) is 12.1 Å². The van der Waals surface area contributed by atoms with Gasteiger partial charge in [0.2, 0.25) is 5.91 Å². The molecule has 1 amide bonds. The van der Waals surface area contributed by atoms with Crippen molar-refractivity contribution < 1.29 is 18.0 Å². The summed E-state index contributed by atoms with van der Waals surface area (Å²) >= 11 is 0. The molecule has 1 aliphatic carbocycles. The number of halogens is 3. The summed E-state index contributed by atoms with van der Waals surface area (Å²) in [6, 6.07) is 4.76. The number of rotatable bonds is 4. The average Bonchev–Trinajstić information content (AvgIpc) is 2.36. The Balaban J connectivity index is 2.19. The number of carbonyl (C=O) groups is 1. The molecule has 1 aromatic carbocycles. The molecule has 0 aromatic heterocycles. The Morgan fingerprint density at radius 3 is 2.57 bits per heavy atom. The molecular weight excluding hydrogens is 281 g/mol. The van der Waals surface area contributed by atoms with Gasteiger partial charge in [-0.3, -0.25) is 4.79 Å². The fourth-order valence-corrected chi connectivity index (χ4v) is 2.61. The molecule has 21 heavy (non-hydrogen) atoms. The molecule has 3 nitrogen and oxygen atoms in total. The lowest BCUT2D eigenvalue weighted by Gasteiger charge is -2.43. The van der Waals surface area contributed by atoms with Crippen LogP contribution in [0.5, 0.6) is 0 Å². The van der Waals surface area contributed by atoms with E-state index in [0.29, 0.717) is 12.1 Å². The minimum Gasteiger partial charge on any atom is -0.354 e. The maximum Gasteiger partial charge on any atom is 0.416 e. The van der Waals surface area contributed by atoms with E-state index in [2.05, 4.69) is 5.32 Å².